The summed E-state index contributed by atoms with van der Waals surface area (Å²) in [6.45, 7) is 0.240. The standard InChI is InChI=1S/C16H13NO5/c18-15-9-22-14-5-4-12(7-13(14)17-15)21-8-10-2-1-3-11(6-10)16(19)20/h1-7H,8-9H2,(H,17,18)(H,19,20). The third-order valence-electron chi connectivity index (χ3n) is 3.16. The molecule has 0 radical (unpaired) electrons. The molecule has 0 aromatic heterocycles. The fraction of sp³-hybridized carbons (Fsp3) is 0.125. The van der Waals surface area contributed by atoms with Crippen molar-refractivity contribution in [2.45, 2.75) is 6.61 Å². The number of carboxylic acid groups (broad SMARTS) is 1. The van der Waals surface area contributed by atoms with E-state index in [0.29, 0.717) is 17.2 Å². The average Bonchev–Trinajstić information content (AvgIpc) is 2.52. The lowest BCUT2D eigenvalue weighted by molar-refractivity contribution is -0.118. The lowest BCUT2D eigenvalue weighted by Crippen LogP contribution is -2.25. The second kappa shape index (κ2) is 5.77. The highest BCUT2D eigenvalue weighted by Crippen LogP contribution is 2.31. The van der Waals surface area contributed by atoms with Crippen molar-refractivity contribution in [3.8, 4) is 11.5 Å². The van der Waals surface area contributed by atoms with Crippen LogP contribution in [0.25, 0.3) is 0 Å². The van der Waals surface area contributed by atoms with E-state index in [1.54, 1.807) is 36.4 Å². The number of nitrogens with one attached hydrogen (secondary N) is 1. The largest absolute Gasteiger partial charge is 0.489 e. The van der Waals surface area contributed by atoms with Crippen LogP contribution in [0.3, 0.4) is 0 Å². The van der Waals surface area contributed by atoms with Crippen molar-refractivity contribution < 1.29 is 24.2 Å². The molecule has 2 N–H and O–H groups in total. The number of rotatable bonds is 4. The molecule has 0 unspecified atom stereocenters. The average molecular weight is 299 g/mol. The predicted molar refractivity (Wildman–Crippen MR) is 78.3 cm³/mol. The van der Waals surface area contributed by atoms with Gasteiger partial charge in [-0.25, -0.2) is 4.79 Å². The summed E-state index contributed by atoms with van der Waals surface area (Å²) in [5.74, 6) is -0.0283. The van der Waals surface area contributed by atoms with E-state index < -0.39 is 5.97 Å². The summed E-state index contributed by atoms with van der Waals surface area (Å²) in [4.78, 5) is 22.2. The Balaban J connectivity index is 1.71. The van der Waals surface area contributed by atoms with Gasteiger partial charge in [-0.05, 0) is 29.8 Å². The molecule has 22 heavy (non-hydrogen) atoms. The smallest absolute Gasteiger partial charge is 0.335 e. The molecule has 6 heteroatoms. The number of hydrogen-bond donors (Lipinski definition) is 2. The number of amides is 1. The lowest BCUT2D eigenvalue weighted by atomic mass is 10.1. The van der Waals surface area contributed by atoms with E-state index in [9.17, 15) is 9.59 Å². The molecule has 1 aliphatic heterocycles. The monoisotopic (exact) mass is 299 g/mol. The van der Waals surface area contributed by atoms with Gasteiger partial charge in [0.2, 0.25) is 0 Å². The van der Waals surface area contributed by atoms with Crippen LogP contribution in [0.5, 0.6) is 11.5 Å². The van der Waals surface area contributed by atoms with Crippen LogP contribution in [0, 0.1) is 0 Å². The second-order valence-corrected chi connectivity index (χ2v) is 4.79. The van der Waals surface area contributed by atoms with E-state index in [1.165, 1.54) is 6.07 Å². The molecular weight excluding hydrogens is 286 g/mol. The highest BCUT2D eigenvalue weighted by atomic mass is 16.5. The number of hydrogen-bond acceptors (Lipinski definition) is 4. The van der Waals surface area contributed by atoms with Crippen molar-refractivity contribution in [3.05, 3.63) is 53.6 Å². The first-order chi connectivity index (χ1) is 10.6. The molecular formula is C16H13NO5. The lowest BCUT2D eigenvalue weighted by Gasteiger charge is -2.18. The summed E-state index contributed by atoms with van der Waals surface area (Å²) in [6, 6.07) is 11.7. The van der Waals surface area contributed by atoms with Crippen LogP contribution in [0.15, 0.2) is 42.5 Å². The maximum Gasteiger partial charge on any atom is 0.335 e. The molecule has 0 aliphatic carbocycles. The summed E-state index contributed by atoms with van der Waals surface area (Å²) in [7, 11) is 0. The summed E-state index contributed by atoms with van der Waals surface area (Å²) in [5.41, 5.74) is 1.53. The van der Waals surface area contributed by atoms with Crippen molar-refractivity contribution in [1.82, 2.24) is 0 Å². The summed E-state index contributed by atoms with van der Waals surface area (Å²) in [6.07, 6.45) is 0. The number of aromatic carboxylic acids is 1. The van der Waals surface area contributed by atoms with Crippen LogP contribution >= 0.6 is 0 Å². The molecule has 1 aliphatic rings. The fourth-order valence-corrected chi connectivity index (χ4v) is 2.11. The highest BCUT2D eigenvalue weighted by Gasteiger charge is 2.16. The van der Waals surface area contributed by atoms with Gasteiger partial charge in [0.25, 0.3) is 5.91 Å². The number of carboxylic acids is 1. The number of fused-ring (bicyclic) bond motifs is 1. The van der Waals surface area contributed by atoms with Crippen molar-refractivity contribution in [2.75, 3.05) is 11.9 Å². The molecule has 2 aromatic rings. The molecule has 0 saturated carbocycles. The van der Waals surface area contributed by atoms with Crippen molar-refractivity contribution in [1.29, 1.82) is 0 Å². The third-order valence-corrected chi connectivity index (χ3v) is 3.16. The predicted octanol–water partition coefficient (Wildman–Crippen LogP) is 2.29. The molecule has 2 aromatic carbocycles. The second-order valence-electron chi connectivity index (χ2n) is 4.79. The molecule has 0 saturated heterocycles. The Kier molecular flexibility index (Phi) is 3.65. The van der Waals surface area contributed by atoms with Gasteiger partial charge in [-0.15, -0.1) is 0 Å². The third kappa shape index (κ3) is 3.01. The maximum atomic E-state index is 11.3. The van der Waals surface area contributed by atoms with E-state index in [0.717, 1.165) is 5.56 Å². The van der Waals surface area contributed by atoms with Gasteiger partial charge in [-0.2, -0.15) is 0 Å². The number of carbonyl (C=O) groups excluding carboxylic acids is 1. The minimum Gasteiger partial charge on any atom is -0.489 e. The fourth-order valence-electron chi connectivity index (χ4n) is 2.11. The molecule has 0 bridgehead atoms. The molecule has 1 heterocycles. The zero-order valence-corrected chi connectivity index (χ0v) is 11.5. The van der Waals surface area contributed by atoms with Gasteiger partial charge >= 0.3 is 5.97 Å². The van der Waals surface area contributed by atoms with E-state index in [1.807, 2.05) is 0 Å². The minimum atomic E-state index is -0.976. The molecule has 0 fully saturated rings. The van der Waals surface area contributed by atoms with Crippen LogP contribution in [-0.4, -0.2) is 23.6 Å². The van der Waals surface area contributed by atoms with Gasteiger partial charge in [0.15, 0.2) is 6.61 Å². The zero-order chi connectivity index (χ0) is 15.5. The Bertz CT molecular complexity index is 741. The van der Waals surface area contributed by atoms with Gasteiger partial charge in [0.1, 0.15) is 18.1 Å². The number of anilines is 1. The Hall–Kier alpha value is -3.02. The topological polar surface area (TPSA) is 84.9 Å². The molecule has 1 amide bonds. The minimum absolute atomic E-state index is 0.00911. The van der Waals surface area contributed by atoms with Gasteiger partial charge in [-0.3, -0.25) is 4.79 Å². The maximum absolute atomic E-state index is 11.3. The van der Waals surface area contributed by atoms with Crippen LogP contribution in [0.4, 0.5) is 5.69 Å². The first-order valence-corrected chi connectivity index (χ1v) is 6.63. The van der Waals surface area contributed by atoms with Crippen LogP contribution < -0.4 is 14.8 Å². The van der Waals surface area contributed by atoms with Crippen LogP contribution in [0.1, 0.15) is 15.9 Å². The Morgan fingerprint density at radius 3 is 2.95 bits per heavy atom. The summed E-state index contributed by atoms with van der Waals surface area (Å²) in [5, 5.41) is 11.7. The van der Waals surface area contributed by atoms with Crippen LogP contribution in [0.2, 0.25) is 0 Å². The highest BCUT2D eigenvalue weighted by molar-refractivity contribution is 5.95. The Morgan fingerprint density at radius 1 is 1.27 bits per heavy atom. The Morgan fingerprint density at radius 2 is 2.14 bits per heavy atom. The molecule has 112 valence electrons. The van der Waals surface area contributed by atoms with Gasteiger partial charge in [0, 0.05) is 6.07 Å². The first kappa shape index (κ1) is 13.9. The normalized spacial score (nSPS) is 12.8. The van der Waals surface area contributed by atoms with Gasteiger partial charge in [0.05, 0.1) is 11.3 Å². The van der Waals surface area contributed by atoms with Crippen molar-refractivity contribution >= 4 is 17.6 Å². The van der Waals surface area contributed by atoms with Gasteiger partial charge in [-0.1, -0.05) is 12.1 Å². The number of benzene rings is 2. The van der Waals surface area contributed by atoms with E-state index in [2.05, 4.69) is 5.32 Å². The molecule has 3 rings (SSSR count). The molecule has 0 spiro atoms. The van der Waals surface area contributed by atoms with E-state index in [-0.39, 0.29) is 24.7 Å². The first-order valence-electron chi connectivity index (χ1n) is 6.63. The summed E-state index contributed by atoms with van der Waals surface area (Å²) < 4.78 is 10.9. The SMILES string of the molecule is O=C1COc2ccc(OCc3cccc(C(=O)O)c3)cc2N1. The van der Waals surface area contributed by atoms with E-state index in [4.69, 9.17) is 14.6 Å². The molecule has 0 atom stereocenters. The number of carbonyl (C=O) groups is 2. The van der Waals surface area contributed by atoms with E-state index >= 15 is 0 Å². The zero-order valence-electron chi connectivity index (χ0n) is 11.5. The quantitative estimate of drug-likeness (QED) is 0.904. The molecule has 6 nitrogen and oxygen atoms in total. The summed E-state index contributed by atoms with van der Waals surface area (Å²) >= 11 is 0. The number of ether oxygens (including phenoxy) is 2. The van der Waals surface area contributed by atoms with Crippen molar-refractivity contribution in [3.63, 3.8) is 0 Å². The van der Waals surface area contributed by atoms with Gasteiger partial charge < -0.3 is 19.9 Å². The Labute approximate surface area is 126 Å². The van der Waals surface area contributed by atoms with Crippen LogP contribution in [-0.2, 0) is 11.4 Å². The van der Waals surface area contributed by atoms with Crippen molar-refractivity contribution in [2.24, 2.45) is 0 Å².